The molecule has 3 aliphatic rings. The van der Waals surface area contributed by atoms with Gasteiger partial charge in [0, 0.05) is 0 Å². The van der Waals surface area contributed by atoms with E-state index in [-0.39, 0.29) is 36.4 Å². The maximum absolute atomic E-state index is 13.1. The van der Waals surface area contributed by atoms with Gasteiger partial charge in [-0.2, -0.15) is 0 Å². The number of hydrogen-bond acceptors (Lipinski definition) is 4. The number of nitrogens with zero attached hydrogens (tertiary/aromatic N) is 2. The Morgan fingerprint density at radius 3 is 1.07 bits per heavy atom. The zero-order valence-corrected chi connectivity index (χ0v) is 17.5. The molecule has 6 nitrogen and oxygen atoms in total. The second kappa shape index (κ2) is 7.15. The summed E-state index contributed by atoms with van der Waals surface area (Å²) in [5.74, 6) is 0. The standard InChI is InChI=1S/C22H30N2O4/c1-21(2,3)27-19(25)23-15-11-7-8-12-16(23)18-14-10-9-13-17(15)24(18)20(26)28-22(4,5)6/h7-18H,1-6H3. The third-order valence-corrected chi connectivity index (χ3v) is 4.65. The summed E-state index contributed by atoms with van der Waals surface area (Å²) < 4.78 is 11.4. The summed E-state index contributed by atoms with van der Waals surface area (Å²) in [6, 6.07) is -1.41. The molecule has 4 bridgehead atoms. The lowest BCUT2D eigenvalue weighted by Gasteiger charge is -2.51. The number of piperazine rings is 1. The van der Waals surface area contributed by atoms with Gasteiger partial charge in [0.05, 0.1) is 24.2 Å². The van der Waals surface area contributed by atoms with Crippen molar-refractivity contribution in [3.05, 3.63) is 48.6 Å². The first-order valence-corrected chi connectivity index (χ1v) is 9.70. The summed E-state index contributed by atoms with van der Waals surface area (Å²) in [5, 5.41) is 0. The molecule has 3 rings (SSSR count). The minimum Gasteiger partial charge on any atom is -0.444 e. The molecule has 3 aliphatic heterocycles. The fourth-order valence-corrected chi connectivity index (χ4v) is 3.71. The van der Waals surface area contributed by atoms with Gasteiger partial charge in [-0.3, -0.25) is 9.80 Å². The summed E-state index contributed by atoms with van der Waals surface area (Å²) in [6.07, 6.45) is 14.7. The molecule has 0 N–H and O–H groups in total. The first-order valence-electron chi connectivity index (χ1n) is 9.70. The number of carbonyl (C=O) groups is 2. The maximum atomic E-state index is 13.1. The molecule has 0 spiro atoms. The van der Waals surface area contributed by atoms with E-state index in [4.69, 9.17) is 9.47 Å². The molecule has 4 atom stereocenters. The van der Waals surface area contributed by atoms with Crippen molar-refractivity contribution in [3.63, 3.8) is 0 Å². The van der Waals surface area contributed by atoms with Crippen LogP contribution in [0.15, 0.2) is 48.6 Å². The van der Waals surface area contributed by atoms with Crippen LogP contribution in [0.5, 0.6) is 0 Å². The molecule has 0 aliphatic carbocycles. The highest BCUT2D eigenvalue weighted by Gasteiger charge is 2.51. The summed E-state index contributed by atoms with van der Waals surface area (Å²) in [4.78, 5) is 29.6. The van der Waals surface area contributed by atoms with Crippen LogP contribution < -0.4 is 0 Å². The number of ether oxygens (including phenoxy) is 2. The van der Waals surface area contributed by atoms with Crippen LogP contribution in [-0.2, 0) is 9.47 Å². The Morgan fingerprint density at radius 1 is 0.607 bits per heavy atom. The van der Waals surface area contributed by atoms with Crippen LogP contribution in [0.3, 0.4) is 0 Å². The molecule has 3 heterocycles. The summed E-state index contributed by atoms with van der Waals surface area (Å²) in [7, 11) is 0. The van der Waals surface area contributed by atoms with Crippen LogP contribution in [0.2, 0.25) is 0 Å². The van der Waals surface area contributed by atoms with Crippen molar-refractivity contribution in [3.8, 4) is 0 Å². The normalized spacial score (nSPS) is 28.6. The molecule has 1 fully saturated rings. The van der Waals surface area contributed by atoms with Crippen LogP contribution >= 0.6 is 0 Å². The molecule has 152 valence electrons. The van der Waals surface area contributed by atoms with Crippen molar-refractivity contribution in [2.75, 3.05) is 0 Å². The van der Waals surface area contributed by atoms with Gasteiger partial charge < -0.3 is 9.47 Å². The van der Waals surface area contributed by atoms with Crippen molar-refractivity contribution >= 4 is 12.2 Å². The van der Waals surface area contributed by atoms with E-state index in [2.05, 4.69) is 0 Å². The first-order chi connectivity index (χ1) is 13.0. The number of rotatable bonds is 0. The van der Waals surface area contributed by atoms with Gasteiger partial charge in [-0.05, 0) is 41.5 Å². The average molecular weight is 386 g/mol. The molecule has 6 heteroatoms. The Bertz CT molecular complexity index is 651. The lowest BCUT2D eigenvalue weighted by Crippen LogP contribution is -2.69. The van der Waals surface area contributed by atoms with Crippen molar-refractivity contribution in [1.29, 1.82) is 0 Å². The van der Waals surface area contributed by atoms with Crippen LogP contribution in [0.1, 0.15) is 41.5 Å². The van der Waals surface area contributed by atoms with Crippen molar-refractivity contribution < 1.29 is 19.1 Å². The molecule has 0 aromatic heterocycles. The van der Waals surface area contributed by atoms with E-state index in [0.29, 0.717) is 0 Å². The molecule has 0 radical (unpaired) electrons. The fourth-order valence-electron chi connectivity index (χ4n) is 3.71. The molecule has 28 heavy (non-hydrogen) atoms. The van der Waals surface area contributed by atoms with Crippen LogP contribution in [-0.4, -0.2) is 57.4 Å². The van der Waals surface area contributed by atoms with Gasteiger partial charge in [0.1, 0.15) is 11.2 Å². The van der Waals surface area contributed by atoms with Crippen LogP contribution in [0.25, 0.3) is 0 Å². The number of allylic oxidation sites excluding steroid dienone is 4. The van der Waals surface area contributed by atoms with E-state index in [1.54, 1.807) is 9.80 Å². The van der Waals surface area contributed by atoms with E-state index < -0.39 is 11.2 Å². The molecule has 0 aromatic carbocycles. The predicted octanol–water partition coefficient (Wildman–Crippen LogP) is 4.20. The highest BCUT2D eigenvalue weighted by atomic mass is 16.6. The van der Waals surface area contributed by atoms with Crippen molar-refractivity contribution in [2.45, 2.75) is 76.9 Å². The molecular weight excluding hydrogens is 356 g/mol. The molecule has 0 saturated carbocycles. The Morgan fingerprint density at radius 2 is 0.857 bits per heavy atom. The minimum absolute atomic E-state index is 0.352. The lowest BCUT2D eigenvalue weighted by molar-refractivity contribution is -0.0405. The highest BCUT2D eigenvalue weighted by molar-refractivity contribution is 5.75. The number of carbonyl (C=O) groups excluding carboxylic acids is 2. The Balaban J connectivity index is 2.02. The van der Waals surface area contributed by atoms with Crippen LogP contribution in [0, 0.1) is 0 Å². The molecule has 4 unspecified atom stereocenters. The predicted molar refractivity (Wildman–Crippen MR) is 108 cm³/mol. The Labute approximate surface area is 167 Å². The zero-order chi connectivity index (χ0) is 20.7. The number of fused-ring (bicyclic) bond motifs is 6. The molecule has 1 saturated heterocycles. The average Bonchev–Trinajstić information content (AvgIpc) is 2.80. The van der Waals surface area contributed by atoms with Crippen molar-refractivity contribution in [1.82, 2.24) is 9.80 Å². The number of amides is 2. The molecule has 0 aromatic rings. The van der Waals surface area contributed by atoms with Gasteiger partial charge in [0.15, 0.2) is 0 Å². The van der Waals surface area contributed by atoms with Gasteiger partial charge in [-0.15, -0.1) is 0 Å². The van der Waals surface area contributed by atoms with Gasteiger partial charge in [-0.1, -0.05) is 48.6 Å². The first kappa shape index (κ1) is 20.2. The summed E-state index contributed by atoms with van der Waals surface area (Å²) in [6.45, 7) is 11.1. The van der Waals surface area contributed by atoms with Crippen LogP contribution in [0.4, 0.5) is 9.59 Å². The fraction of sp³-hybridized carbons (Fsp3) is 0.545. The smallest absolute Gasteiger partial charge is 0.411 e. The Kier molecular flexibility index (Phi) is 5.17. The van der Waals surface area contributed by atoms with E-state index in [1.807, 2.05) is 90.2 Å². The zero-order valence-electron chi connectivity index (χ0n) is 17.5. The Hall–Kier alpha value is -2.50. The largest absolute Gasteiger partial charge is 0.444 e. The van der Waals surface area contributed by atoms with Gasteiger partial charge in [-0.25, -0.2) is 9.59 Å². The second-order valence-electron chi connectivity index (χ2n) is 9.28. The lowest BCUT2D eigenvalue weighted by atomic mass is 9.93. The summed E-state index contributed by atoms with van der Waals surface area (Å²) in [5.41, 5.74) is -1.21. The van der Waals surface area contributed by atoms with Gasteiger partial charge in [0.25, 0.3) is 0 Å². The third kappa shape index (κ3) is 4.16. The minimum atomic E-state index is -0.604. The topological polar surface area (TPSA) is 59.1 Å². The molecular formula is C22H30N2O4. The van der Waals surface area contributed by atoms with E-state index in [0.717, 1.165) is 0 Å². The maximum Gasteiger partial charge on any atom is 0.411 e. The van der Waals surface area contributed by atoms with Crippen molar-refractivity contribution in [2.24, 2.45) is 0 Å². The monoisotopic (exact) mass is 386 g/mol. The van der Waals surface area contributed by atoms with E-state index >= 15 is 0 Å². The SMILES string of the molecule is CC(C)(C)OC(=O)N1C2C=CC=CC1C1C=CC=CC2N1C(=O)OC(C)(C)C. The van der Waals surface area contributed by atoms with E-state index in [9.17, 15) is 9.59 Å². The van der Waals surface area contributed by atoms with Gasteiger partial charge >= 0.3 is 12.2 Å². The quantitative estimate of drug-likeness (QED) is 0.626. The second-order valence-corrected chi connectivity index (χ2v) is 9.28. The highest BCUT2D eigenvalue weighted by Crippen LogP contribution is 2.35. The van der Waals surface area contributed by atoms with Gasteiger partial charge in [0.2, 0.25) is 0 Å². The van der Waals surface area contributed by atoms with E-state index in [1.165, 1.54) is 0 Å². The molecule has 2 amide bonds. The summed E-state index contributed by atoms with van der Waals surface area (Å²) >= 11 is 0. The third-order valence-electron chi connectivity index (χ3n) is 4.65. The number of hydrogen-bond donors (Lipinski definition) is 0.